The van der Waals surface area contributed by atoms with Crippen molar-refractivity contribution in [2.75, 3.05) is 11.9 Å². The summed E-state index contributed by atoms with van der Waals surface area (Å²) in [7, 11) is 0. The second-order valence-corrected chi connectivity index (χ2v) is 7.28. The molecule has 1 aliphatic rings. The van der Waals surface area contributed by atoms with Crippen molar-refractivity contribution in [2.45, 2.75) is 38.1 Å². The third-order valence-corrected chi connectivity index (χ3v) is 4.84. The summed E-state index contributed by atoms with van der Waals surface area (Å²) in [6.07, 6.45) is 7.03. The largest absolute Gasteiger partial charge is 0.484 e. The molecule has 0 saturated heterocycles. The van der Waals surface area contributed by atoms with Gasteiger partial charge in [0.25, 0.3) is 5.91 Å². The molecule has 2 aromatic rings. The molecule has 3 rings (SSSR count). The molecule has 0 spiro atoms. The molecular weight excluding hydrogens is 396 g/mol. The molecule has 0 aromatic heterocycles. The van der Waals surface area contributed by atoms with Gasteiger partial charge in [0.15, 0.2) is 6.61 Å². The van der Waals surface area contributed by atoms with Crippen molar-refractivity contribution in [1.29, 1.82) is 0 Å². The second kappa shape index (κ2) is 11.5. The molecule has 162 valence electrons. The summed E-state index contributed by atoms with van der Waals surface area (Å²) >= 11 is 0. The van der Waals surface area contributed by atoms with Crippen molar-refractivity contribution in [2.24, 2.45) is 5.10 Å². The standard InChI is InChI=1S/C23H26N4O4/c28-21(25-18-7-3-1-4-8-18)16-31-20-13-11-17(12-14-20)15-24-27-23(30)22(29)26-19-9-5-2-6-10-19/h2,5-6,9-15,18H,1,3-4,7-8,16H2,(H,25,28)(H,26,29)(H,27,30)/b24-15-. The Hall–Kier alpha value is -3.68. The molecule has 3 N–H and O–H groups in total. The van der Waals surface area contributed by atoms with Crippen molar-refractivity contribution in [3.8, 4) is 5.75 Å². The predicted molar refractivity (Wildman–Crippen MR) is 118 cm³/mol. The van der Waals surface area contributed by atoms with Gasteiger partial charge in [-0.05, 0) is 54.8 Å². The fourth-order valence-corrected chi connectivity index (χ4v) is 3.24. The number of ether oxygens (including phenoxy) is 1. The van der Waals surface area contributed by atoms with Gasteiger partial charge in [-0.3, -0.25) is 14.4 Å². The normalized spacial score (nSPS) is 14.1. The highest BCUT2D eigenvalue weighted by atomic mass is 16.5. The van der Waals surface area contributed by atoms with Crippen LogP contribution in [0.25, 0.3) is 0 Å². The van der Waals surface area contributed by atoms with Crippen LogP contribution in [0.1, 0.15) is 37.7 Å². The number of carbonyl (C=O) groups is 3. The third kappa shape index (κ3) is 7.58. The lowest BCUT2D eigenvalue weighted by molar-refractivity contribution is -0.136. The number of benzene rings is 2. The summed E-state index contributed by atoms with van der Waals surface area (Å²) in [5.74, 6) is -1.24. The van der Waals surface area contributed by atoms with E-state index in [2.05, 4.69) is 21.2 Å². The number of rotatable bonds is 7. The van der Waals surface area contributed by atoms with E-state index >= 15 is 0 Å². The maximum Gasteiger partial charge on any atom is 0.329 e. The van der Waals surface area contributed by atoms with Crippen molar-refractivity contribution >= 4 is 29.6 Å². The van der Waals surface area contributed by atoms with Crippen molar-refractivity contribution in [1.82, 2.24) is 10.7 Å². The average molecular weight is 422 g/mol. The van der Waals surface area contributed by atoms with E-state index in [1.54, 1.807) is 48.5 Å². The number of hydrogen-bond acceptors (Lipinski definition) is 5. The Morgan fingerprint density at radius 1 is 0.935 bits per heavy atom. The first-order valence-electron chi connectivity index (χ1n) is 10.3. The highest BCUT2D eigenvalue weighted by molar-refractivity contribution is 6.39. The molecule has 0 aliphatic heterocycles. The number of nitrogens with zero attached hydrogens (tertiary/aromatic N) is 1. The minimum atomic E-state index is -0.871. The number of anilines is 1. The maximum absolute atomic E-state index is 12.0. The Labute approximate surface area is 181 Å². The first-order valence-corrected chi connectivity index (χ1v) is 10.3. The number of hydrogen-bond donors (Lipinski definition) is 3. The Kier molecular flexibility index (Phi) is 8.16. The molecular formula is C23H26N4O4. The molecule has 2 aromatic carbocycles. The molecule has 31 heavy (non-hydrogen) atoms. The summed E-state index contributed by atoms with van der Waals surface area (Å²) in [5.41, 5.74) is 3.40. The first kappa shape index (κ1) is 22.0. The predicted octanol–water partition coefficient (Wildman–Crippen LogP) is 2.60. The van der Waals surface area contributed by atoms with E-state index in [0.29, 0.717) is 17.0 Å². The van der Waals surface area contributed by atoms with Gasteiger partial charge in [0, 0.05) is 11.7 Å². The highest BCUT2D eigenvalue weighted by Gasteiger charge is 2.16. The monoisotopic (exact) mass is 422 g/mol. The van der Waals surface area contributed by atoms with Gasteiger partial charge in [-0.2, -0.15) is 5.10 Å². The number of carbonyl (C=O) groups excluding carboxylic acids is 3. The molecule has 3 amide bonds. The maximum atomic E-state index is 12.0. The number of para-hydroxylation sites is 1. The van der Waals surface area contributed by atoms with Crippen LogP contribution in [-0.2, 0) is 14.4 Å². The van der Waals surface area contributed by atoms with Crippen LogP contribution in [0.2, 0.25) is 0 Å². The van der Waals surface area contributed by atoms with Crippen molar-refractivity contribution in [3.05, 3.63) is 60.2 Å². The van der Waals surface area contributed by atoms with Gasteiger partial charge >= 0.3 is 11.8 Å². The van der Waals surface area contributed by atoms with E-state index in [1.165, 1.54) is 12.6 Å². The van der Waals surface area contributed by atoms with Gasteiger partial charge in [-0.1, -0.05) is 37.5 Å². The quantitative estimate of drug-likeness (QED) is 0.362. The molecule has 8 nitrogen and oxygen atoms in total. The van der Waals surface area contributed by atoms with E-state index in [1.807, 2.05) is 6.07 Å². The average Bonchev–Trinajstić information content (AvgIpc) is 2.80. The van der Waals surface area contributed by atoms with Gasteiger partial charge in [-0.15, -0.1) is 0 Å². The van der Waals surface area contributed by atoms with Gasteiger partial charge in [-0.25, -0.2) is 5.43 Å². The molecule has 0 atom stereocenters. The van der Waals surface area contributed by atoms with Crippen molar-refractivity contribution in [3.63, 3.8) is 0 Å². The Bertz CT molecular complexity index is 907. The Morgan fingerprint density at radius 3 is 2.35 bits per heavy atom. The van der Waals surface area contributed by atoms with Crippen LogP contribution in [0.5, 0.6) is 5.75 Å². The summed E-state index contributed by atoms with van der Waals surface area (Å²) in [5, 5.41) is 9.26. The van der Waals surface area contributed by atoms with Gasteiger partial charge in [0.1, 0.15) is 5.75 Å². The molecule has 8 heteroatoms. The van der Waals surface area contributed by atoms with Crippen molar-refractivity contribution < 1.29 is 19.1 Å². The zero-order valence-corrected chi connectivity index (χ0v) is 17.2. The van der Waals surface area contributed by atoms with E-state index in [-0.39, 0.29) is 18.6 Å². The van der Waals surface area contributed by atoms with E-state index < -0.39 is 11.8 Å². The van der Waals surface area contributed by atoms with Gasteiger partial charge < -0.3 is 15.4 Å². The lowest BCUT2D eigenvalue weighted by atomic mass is 9.95. The molecule has 0 radical (unpaired) electrons. The molecule has 1 saturated carbocycles. The fraction of sp³-hybridized carbons (Fsp3) is 0.304. The van der Waals surface area contributed by atoms with E-state index in [4.69, 9.17) is 4.74 Å². The van der Waals surface area contributed by atoms with Crippen LogP contribution in [0.4, 0.5) is 5.69 Å². The summed E-state index contributed by atoms with van der Waals surface area (Å²) in [6, 6.07) is 15.8. The van der Waals surface area contributed by atoms with Crippen LogP contribution in [0.15, 0.2) is 59.7 Å². The molecule has 0 unspecified atom stereocenters. The minimum Gasteiger partial charge on any atom is -0.484 e. The van der Waals surface area contributed by atoms with Gasteiger partial charge in [0.05, 0.1) is 6.21 Å². The molecule has 1 fully saturated rings. The van der Waals surface area contributed by atoms with Crippen LogP contribution in [0.3, 0.4) is 0 Å². The zero-order valence-electron chi connectivity index (χ0n) is 17.2. The lowest BCUT2D eigenvalue weighted by Gasteiger charge is -2.22. The van der Waals surface area contributed by atoms with Crippen LogP contribution in [-0.4, -0.2) is 36.6 Å². The lowest BCUT2D eigenvalue weighted by Crippen LogP contribution is -2.38. The Morgan fingerprint density at radius 2 is 1.65 bits per heavy atom. The third-order valence-electron chi connectivity index (χ3n) is 4.84. The number of nitrogens with one attached hydrogen (secondary N) is 3. The van der Waals surface area contributed by atoms with E-state index in [0.717, 1.165) is 25.7 Å². The zero-order chi connectivity index (χ0) is 21.9. The molecule has 0 bridgehead atoms. The molecule has 0 heterocycles. The van der Waals surface area contributed by atoms with Crippen LogP contribution in [0, 0.1) is 0 Å². The summed E-state index contributed by atoms with van der Waals surface area (Å²) in [6.45, 7) is -0.0312. The highest BCUT2D eigenvalue weighted by Crippen LogP contribution is 2.17. The summed E-state index contributed by atoms with van der Waals surface area (Å²) < 4.78 is 5.52. The second-order valence-electron chi connectivity index (χ2n) is 7.28. The Balaban J connectivity index is 1.39. The first-order chi connectivity index (χ1) is 15.1. The minimum absolute atomic E-state index is 0.0312. The summed E-state index contributed by atoms with van der Waals surface area (Å²) in [4.78, 5) is 35.6. The smallest absolute Gasteiger partial charge is 0.329 e. The number of hydrazone groups is 1. The molecule has 1 aliphatic carbocycles. The van der Waals surface area contributed by atoms with Crippen LogP contribution >= 0.6 is 0 Å². The topological polar surface area (TPSA) is 109 Å². The van der Waals surface area contributed by atoms with E-state index in [9.17, 15) is 14.4 Å². The van der Waals surface area contributed by atoms with Gasteiger partial charge in [0.2, 0.25) is 0 Å². The fourth-order valence-electron chi connectivity index (χ4n) is 3.24. The van der Waals surface area contributed by atoms with Crippen LogP contribution < -0.4 is 20.8 Å². The number of amides is 3. The SMILES string of the molecule is O=C(COc1ccc(/C=N\NC(=O)C(=O)Nc2ccccc2)cc1)NC1CCCCC1.